The molecule has 2 aromatic carbocycles. The minimum absolute atomic E-state index is 0.0533. The van der Waals surface area contributed by atoms with E-state index in [1.807, 2.05) is 6.92 Å². The molecule has 1 amide bonds. The fourth-order valence-corrected chi connectivity index (χ4v) is 5.72. The van der Waals surface area contributed by atoms with E-state index in [1.165, 1.54) is 57.1 Å². The number of carbonyl (C=O) groups is 1. The van der Waals surface area contributed by atoms with Crippen LogP contribution in [0.15, 0.2) is 53.4 Å². The second-order valence-electron chi connectivity index (χ2n) is 9.38. The molecule has 0 bridgehead atoms. The summed E-state index contributed by atoms with van der Waals surface area (Å²) in [5.41, 5.74) is 2.04. The summed E-state index contributed by atoms with van der Waals surface area (Å²) in [7, 11) is -3.79. The van der Waals surface area contributed by atoms with Crippen molar-refractivity contribution < 1.29 is 13.2 Å². The van der Waals surface area contributed by atoms with Crippen molar-refractivity contribution in [3.63, 3.8) is 0 Å². The Labute approximate surface area is 215 Å². The van der Waals surface area contributed by atoms with Crippen LogP contribution in [0, 0.1) is 6.92 Å². The monoisotopic (exact) mass is 515 g/mol. The van der Waals surface area contributed by atoms with Crippen LogP contribution in [0.5, 0.6) is 0 Å². The number of aryl methyl sites for hydroxylation is 1. The Kier molecular flexibility index (Phi) is 10.5. The Morgan fingerprint density at radius 3 is 2.03 bits per heavy atom. The van der Waals surface area contributed by atoms with Gasteiger partial charge in [-0.2, -0.15) is 0 Å². The van der Waals surface area contributed by atoms with E-state index in [0.717, 1.165) is 31.2 Å². The zero-order valence-electron chi connectivity index (χ0n) is 20.5. The predicted octanol–water partition coefficient (Wildman–Crippen LogP) is 6.07. The van der Waals surface area contributed by atoms with Crippen molar-refractivity contribution in [2.24, 2.45) is 0 Å². The molecule has 0 unspecified atom stereocenters. The third kappa shape index (κ3) is 9.26. The van der Waals surface area contributed by atoms with Crippen LogP contribution in [0.2, 0.25) is 0 Å². The van der Waals surface area contributed by atoms with Crippen molar-refractivity contribution in [1.29, 1.82) is 0 Å². The molecule has 3 rings (SSSR count). The number of anilines is 1. The molecular weight excluding hydrogens is 478 g/mol. The molecule has 1 saturated carbocycles. The van der Waals surface area contributed by atoms with Crippen LogP contribution < -0.4 is 15.4 Å². The lowest BCUT2D eigenvalue weighted by molar-refractivity contribution is 0.0931. The van der Waals surface area contributed by atoms with E-state index < -0.39 is 10.0 Å². The second-order valence-corrected chi connectivity index (χ2v) is 11.5. The Morgan fingerprint density at radius 2 is 1.43 bits per heavy atom. The van der Waals surface area contributed by atoms with Gasteiger partial charge in [0.15, 0.2) is 5.11 Å². The molecule has 190 valence electrons. The van der Waals surface area contributed by atoms with Crippen molar-refractivity contribution in [2.45, 2.75) is 88.5 Å². The van der Waals surface area contributed by atoms with Crippen LogP contribution in [0.4, 0.5) is 5.69 Å². The summed E-state index contributed by atoms with van der Waals surface area (Å²) in [6, 6.07) is 13.7. The first kappa shape index (κ1) is 27.1. The van der Waals surface area contributed by atoms with Gasteiger partial charge in [-0.25, -0.2) is 8.42 Å². The maximum atomic E-state index is 13.0. The third-order valence-electron chi connectivity index (χ3n) is 6.38. The molecule has 1 aliphatic rings. The Bertz CT molecular complexity index is 1070. The zero-order chi connectivity index (χ0) is 25.1. The molecule has 0 radical (unpaired) electrons. The van der Waals surface area contributed by atoms with Gasteiger partial charge in [-0.3, -0.25) is 9.52 Å². The smallest absolute Gasteiger partial charge is 0.263 e. The number of thiocarbonyl (C=S) groups is 1. The Hall–Kier alpha value is -2.45. The molecule has 0 aliphatic heterocycles. The summed E-state index contributed by atoms with van der Waals surface area (Å²) in [4.78, 5) is 13.1. The third-order valence-corrected chi connectivity index (χ3v) is 8.08. The van der Waals surface area contributed by atoms with E-state index in [0.29, 0.717) is 11.3 Å². The van der Waals surface area contributed by atoms with Gasteiger partial charge in [0.25, 0.3) is 15.9 Å². The average molecular weight is 516 g/mol. The maximum Gasteiger partial charge on any atom is 0.263 e. The largest absolute Gasteiger partial charge is 0.349 e. The minimum atomic E-state index is -3.79. The molecule has 3 N–H and O–H groups in total. The van der Waals surface area contributed by atoms with E-state index in [4.69, 9.17) is 12.2 Å². The highest BCUT2D eigenvalue weighted by Gasteiger charge is 2.17. The summed E-state index contributed by atoms with van der Waals surface area (Å²) >= 11 is 5.22. The number of carbonyl (C=O) groups excluding carboxylic acids is 1. The van der Waals surface area contributed by atoms with Gasteiger partial charge in [-0.15, -0.1) is 0 Å². The molecule has 0 spiro atoms. The summed E-state index contributed by atoms with van der Waals surface area (Å²) in [6.45, 7) is 1.89. The van der Waals surface area contributed by atoms with E-state index in [-0.39, 0.29) is 22.0 Å². The molecule has 1 fully saturated rings. The highest BCUT2D eigenvalue weighted by molar-refractivity contribution is 7.92. The van der Waals surface area contributed by atoms with Gasteiger partial charge < -0.3 is 10.6 Å². The number of hydrogen-bond donors (Lipinski definition) is 3. The first-order valence-electron chi connectivity index (χ1n) is 12.6. The molecule has 2 aromatic rings. The fourth-order valence-electron chi connectivity index (χ4n) is 4.37. The average Bonchev–Trinajstić information content (AvgIpc) is 2.81. The molecule has 0 saturated heterocycles. The van der Waals surface area contributed by atoms with Crippen molar-refractivity contribution in [1.82, 2.24) is 10.0 Å². The summed E-state index contributed by atoms with van der Waals surface area (Å²) in [6.07, 6.45) is 13.3. The quantitative estimate of drug-likeness (QED) is 0.421. The molecule has 8 heteroatoms. The van der Waals surface area contributed by atoms with Gasteiger partial charge in [-0.05, 0) is 62.3 Å². The van der Waals surface area contributed by atoms with Crippen LogP contribution in [0.1, 0.15) is 86.6 Å². The molecule has 1 aliphatic carbocycles. The van der Waals surface area contributed by atoms with Crippen LogP contribution in [0.25, 0.3) is 0 Å². The highest BCUT2D eigenvalue weighted by Crippen LogP contribution is 2.18. The molecule has 0 aromatic heterocycles. The van der Waals surface area contributed by atoms with Gasteiger partial charge in [0.1, 0.15) is 0 Å². The lowest BCUT2D eigenvalue weighted by Crippen LogP contribution is -2.35. The molecule has 0 atom stereocenters. The standard InChI is InChI=1S/C27H37N3O3S2/c1-21-16-18-25(19-17-21)35(32,33)30-27(34)29-24-15-11-12-22(20-24)26(31)28-23-13-9-7-5-3-2-4-6-8-10-14-23/h11-12,15-20,23H,2-10,13-14H2,1H3,(H,28,31)(H2,29,30,34). The van der Waals surface area contributed by atoms with Crippen molar-refractivity contribution in [3.05, 3.63) is 59.7 Å². The predicted molar refractivity (Wildman–Crippen MR) is 146 cm³/mol. The maximum absolute atomic E-state index is 13.0. The van der Waals surface area contributed by atoms with Crippen LogP contribution in [0.3, 0.4) is 0 Å². The normalized spacial score (nSPS) is 16.4. The summed E-state index contributed by atoms with van der Waals surface area (Å²) in [5.74, 6) is -0.114. The van der Waals surface area contributed by atoms with Crippen LogP contribution in [-0.4, -0.2) is 25.5 Å². The number of nitrogens with one attached hydrogen (secondary N) is 3. The highest BCUT2D eigenvalue weighted by atomic mass is 32.2. The second kappa shape index (κ2) is 13.6. The number of hydrogen-bond acceptors (Lipinski definition) is 4. The number of rotatable bonds is 5. The fraction of sp³-hybridized carbons (Fsp3) is 0.481. The van der Waals surface area contributed by atoms with Gasteiger partial charge in [-0.1, -0.05) is 81.5 Å². The minimum Gasteiger partial charge on any atom is -0.349 e. The lowest BCUT2D eigenvalue weighted by Gasteiger charge is -2.20. The van der Waals surface area contributed by atoms with Crippen molar-refractivity contribution in [3.8, 4) is 0 Å². The molecule has 35 heavy (non-hydrogen) atoms. The summed E-state index contributed by atoms with van der Waals surface area (Å²) < 4.78 is 27.5. The van der Waals surface area contributed by atoms with Crippen molar-refractivity contribution >= 4 is 38.9 Å². The molecular formula is C27H37N3O3S2. The topological polar surface area (TPSA) is 87.3 Å². The Balaban J connectivity index is 1.58. The van der Waals surface area contributed by atoms with Gasteiger partial charge >= 0.3 is 0 Å². The Morgan fingerprint density at radius 1 is 0.857 bits per heavy atom. The number of amides is 1. The van der Waals surface area contributed by atoms with E-state index in [1.54, 1.807) is 36.4 Å². The van der Waals surface area contributed by atoms with E-state index >= 15 is 0 Å². The van der Waals surface area contributed by atoms with Crippen LogP contribution in [-0.2, 0) is 10.0 Å². The molecule has 0 heterocycles. The van der Waals surface area contributed by atoms with Gasteiger partial charge in [0.05, 0.1) is 4.90 Å². The number of sulfonamides is 1. The van der Waals surface area contributed by atoms with Crippen LogP contribution >= 0.6 is 12.2 Å². The number of benzene rings is 2. The lowest BCUT2D eigenvalue weighted by atomic mass is 9.97. The van der Waals surface area contributed by atoms with E-state index in [2.05, 4.69) is 15.4 Å². The SMILES string of the molecule is Cc1ccc(S(=O)(=O)NC(=S)Nc2cccc(C(=O)NC3CCCCCCCCCCC3)c2)cc1. The van der Waals surface area contributed by atoms with Crippen molar-refractivity contribution in [2.75, 3.05) is 5.32 Å². The first-order chi connectivity index (χ1) is 16.8. The first-order valence-corrected chi connectivity index (χ1v) is 14.5. The van der Waals surface area contributed by atoms with Gasteiger partial charge in [0.2, 0.25) is 0 Å². The molecule has 6 nitrogen and oxygen atoms in total. The summed E-state index contributed by atoms with van der Waals surface area (Å²) in [5, 5.41) is 6.05. The van der Waals surface area contributed by atoms with E-state index in [9.17, 15) is 13.2 Å². The zero-order valence-corrected chi connectivity index (χ0v) is 22.1. The van der Waals surface area contributed by atoms with Gasteiger partial charge in [0, 0.05) is 17.3 Å².